The van der Waals surface area contributed by atoms with Gasteiger partial charge in [0.15, 0.2) is 0 Å². The molecule has 19 heavy (non-hydrogen) atoms. The number of carbonyl (C=O) groups is 1. The Kier molecular flexibility index (Phi) is 2.14. The fourth-order valence-corrected chi connectivity index (χ4v) is 3.16. The lowest BCUT2D eigenvalue weighted by molar-refractivity contribution is -0.134. The van der Waals surface area contributed by atoms with Gasteiger partial charge in [0.05, 0.1) is 11.8 Å². The van der Waals surface area contributed by atoms with Gasteiger partial charge >= 0.3 is 0 Å². The predicted octanol–water partition coefficient (Wildman–Crippen LogP) is 1.98. The van der Waals surface area contributed by atoms with Gasteiger partial charge in [-0.15, -0.1) is 0 Å². The van der Waals surface area contributed by atoms with E-state index in [1.54, 1.807) is 0 Å². The Hall–Kier alpha value is -1.71. The van der Waals surface area contributed by atoms with Crippen LogP contribution < -0.4 is 15.4 Å². The number of nitrogens with zero attached hydrogens (tertiary/aromatic N) is 1. The second-order valence-corrected chi connectivity index (χ2v) is 6.29. The number of hydrogen-bond donors (Lipinski definition) is 1. The number of benzene rings is 1. The van der Waals surface area contributed by atoms with E-state index in [9.17, 15) is 4.79 Å². The molecule has 0 bridgehead atoms. The maximum atomic E-state index is 11.1. The van der Waals surface area contributed by atoms with Crippen molar-refractivity contribution in [2.45, 2.75) is 31.8 Å². The number of ether oxygens (including phenoxy) is 1. The van der Waals surface area contributed by atoms with E-state index in [2.05, 4.69) is 11.0 Å². The van der Waals surface area contributed by atoms with E-state index in [4.69, 9.17) is 10.5 Å². The number of hydrogen-bond acceptors (Lipinski definition) is 4. The lowest BCUT2D eigenvalue weighted by Crippen LogP contribution is -2.62. The second-order valence-electron chi connectivity index (χ2n) is 6.29. The van der Waals surface area contributed by atoms with Crippen molar-refractivity contribution in [2.75, 3.05) is 23.7 Å². The van der Waals surface area contributed by atoms with Gasteiger partial charge in [-0.05, 0) is 31.0 Å². The highest BCUT2D eigenvalue weighted by molar-refractivity contribution is 5.87. The molecule has 0 radical (unpaired) electrons. The molecule has 0 atom stereocenters. The Balaban J connectivity index is 1.44. The average Bonchev–Trinajstić information content (AvgIpc) is 3.08. The number of Topliss-reactive ketones (excluding diaryl/α,β-unsaturated/α-hetero) is 1. The Labute approximate surface area is 112 Å². The Bertz CT molecular complexity index is 535. The first kappa shape index (κ1) is 11.1. The molecule has 1 aliphatic heterocycles. The van der Waals surface area contributed by atoms with Gasteiger partial charge in [-0.3, -0.25) is 4.79 Å². The standard InChI is InChI=1S/C15H18N2O2/c16-13-5-10(1-4-14(13)19-12-2-3-12)17-8-15(9-17)6-11(18)7-15/h1,4-5,12H,2-3,6-9,16H2. The van der Waals surface area contributed by atoms with E-state index in [0.717, 1.165) is 55.9 Å². The largest absolute Gasteiger partial charge is 0.488 e. The van der Waals surface area contributed by atoms with Crippen LogP contribution in [-0.2, 0) is 4.79 Å². The molecule has 1 saturated heterocycles. The van der Waals surface area contributed by atoms with Crippen LogP contribution in [0.1, 0.15) is 25.7 Å². The smallest absolute Gasteiger partial charge is 0.142 e. The van der Waals surface area contributed by atoms with E-state index in [-0.39, 0.29) is 5.41 Å². The van der Waals surface area contributed by atoms with E-state index < -0.39 is 0 Å². The third-order valence-corrected chi connectivity index (χ3v) is 4.37. The number of nitrogen functional groups attached to an aromatic ring is 1. The van der Waals surface area contributed by atoms with Crippen LogP contribution in [0.5, 0.6) is 5.75 Å². The molecule has 3 fully saturated rings. The molecule has 3 aliphatic rings. The number of ketones is 1. The monoisotopic (exact) mass is 258 g/mol. The fraction of sp³-hybridized carbons (Fsp3) is 0.533. The van der Waals surface area contributed by atoms with Crippen LogP contribution in [-0.4, -0.2) is 25.0 Å². The number of rotatable bonds is 3. The number of carbonyl (C=O) groups excluding carboxylic acids is 1. The summed E-state index contributed by atoms with van der Waals surface area (Å²) in [5.41, 5.74) is 8.19. The van der Waals surface area contributed by atoms with Crippen LogP contribution in [0.3, 0.4) is 0 Å². The van der Waals surface area contributed by atoms with E-state index in [1.165, 1.54) is 0 Å². The zero-order valence-electron chi connectivity index (χ0n) is 10.9. The molecule has 2 N–H and O–H groups in total. The first-order valence-corrected chi connectivity index (χ1v) is 6.96. The minimum Gasteiger partial charge on any atom is -0.488 e. The normalized spacial score (nSPS) is 24.0. The van der Waals surface area contributed by atoms with Crippen molar-refractivity contribution in [3.05, 3.63) is 18.2 Å². The summed E-state index contributed by atoms with van der Waals surface area (Å²) in [6, 6.07) is 6.03. The minimum absolute atomic E-state index is 0.287. The predicted molar refractivity (Wildman–Crippen MR) is 73.4 cm³/mol. The summed E-state index contributed by atoms with van der Waals surface area (Å²) in [6.45, 7) is 1.97. The molecule has 1 aromatic rings. The summed E-state index contributed by atoms with van der Waals surface area (Å²) in [5.74, 6) is 1.22. The highest BCUT2D eigenvalue weighted by atomic mass is 16.5. The van der Waals surface area contributed by atoms with Crippen LogP contribution in [0.4, 0.5) is 11.4 Å². The molecule has 2 aliphatic carbocycles. The van der Waals surface area contributed by atoms with Gasteiger partial charge in [0, 0.05) is 37.0 Å². The van der Waals surface area contributed by atoms with Gasteiger partial charge in [-0.1, -0.05) is 0 Å². The summed E-state index contributed by atoms with van der Waals surface area (Å²) in [4.78, 5) is 13.4. The van der Waals surface area contributed by atoms with Crippen molar-refractivity contribution in [1.82, 2.24) is 0 Å². The van der Waals surface area contributed by atoms with Gasteiger partial charge in [-0.25, -0.2) is 0 Å². The SMILES string of the molecule is Nc1cc(N2CC3(CC(=O)C3)C2)ccc1OC1CC1. The van der Waals surface area contributed by atoms with Gasteiger partial charge in [-0.2, -0.15) is 0 Å². The van der Waals surface area contributed by atoms with Crippen molar-refractivity contribution in [3.8, 4) is 5.75 Å². The number of nitrogens with two attached hydrogens (primary N) is 1. The molecule has 1 aromatic carbocycles. The molecular weight excluding hydrogens is 240 g/mol. The van der Waals surface area contributed by atoms with Crippen LogP contribution >= 0.6 is 0 Å². The average molecular weight is 258 g/mol. The van der Waals surface area contributed by atoms with Gasteiger partial charge in [0.2, 0.25) is 0 Å². The third kappa shape index (κ3) is 1.86. The molecule has 4 nitrogen and oxygen atoms in total. The molecule has 4 heteroatoms. The van der Waals surface area contributed by atoms with Crippen molar-refractivity contribution >= 4 is 17.2 Å². The Morgan fingerprint density at radius 2 is 2.00 bits per heavy atom. The molecule has 0 unspecified atom stereocenters. The topological polar surface area (TPSA) is 55.6 Å². The van der Waals surface area contributed by atoms with E-state index in [1.807, 2.05) is 12.1 Å². The van der Waals surface area contributed by atoms with Crippen molar-refractivity contribution in [3.63, 3.8) is 0 Å². The van der Waals surface area contributed by atoms with Gasteiger partial charge in [0.25, 0.3) is 0 Å². The maximum absolute atomic E-state index is 11.1. The van der Waals surface area contributed by atoms with Crippen LogP contribution in [0.25, 0.3) is 0 Å². The zero-order chi connectivity index (χ0) is 13.0. The van der Waals surface area contributed by atoms with Crippen molar-refractivity contribution < 1.29 is 9.53 Å². The van der Waals surface area contributed by atoms with Crippen molar-refractivity contribution in [2.24, 2.45) is 5.41 Å². The zero-order valence-corrected chi connectivity index (χ0v) is 10.9. The first-order chi connectivity index (χ1) is 9.13. The minimum atomic E-state index is 0.287. The van der Waals surface area contributed by atoms with E-state index >= 15 is 0 Å². The van der Waals surface area contributed by atoms with Crippen LogP contribution in [0.15, 0.2) is 18.2 Å². The highest BCUT2D eigenvalue weighted by Gasteiger charge is 2.52. The van der Waals surface area contributed by atoms with Crippen LogP contribution in [0, 0.1) is 5.41 Å². The van der Waals surface area contributed by atoms with E-state index in [0.29, 0.717) is 11.9 Å². The quantitative estimate of drug-likeness (QED) is 0.842. The second kappa shape index (κ2) is 3.65. The van der Waals surface area contributed by atoms with Crippen LogP contribution in [0.2, 0.25) is 0 Å². The summed E-state index contributed by atoms with van der Waals surface area (Å²) in [5, 5.41) is 0. The fourth-order valence-electron chi connectivity index (χ4n) is 3.16. The Morgan fingerprint density at radius 3 is 2.58 bits per heavy atom. The summed E-state index contributed by atoms with van der Waals surface area (Å²) in [7, 11) is 0. The number of anilines is 2. The van der Waals surface area contributed by atoms with Gasteiger partial charge in [0.1, 0.15) is 11.5 Å². The lowest BCUT2D eigenvalue weighted by atomic mass is 9.62. The molecular formula is C15H18N2O2. The molecule has 1 heterocycles. The molecule has 2 saturated carbocycles. The molecule has 0 aromatic heterocycles. The first-order valence-electron chi connectivity index (χ1n) is 6.96. The maximum Gasteiger partial charge on any atom is 0.142 e. The Morgan fingerprint density at radius 1 is 1.26 bits per heavy atom. The van der Waals surface area contributed by atoms with Gasteiger partial charge < -0.3 is 15.4 Å². The third-order valence-electron chi connectivity index (χ3n) is 4.37. The lowest BCUT2D eigenvalue weighted by Gasteiger charge is -2.55. The summed E-state index contributed by atoms with van der Waals surface area (Å²) >= 11 is 0. The molecule has 100 valence electrons. The highest BCUT2D eigenvalue weighted by Crippen LogP contribution is 2.48. The molecule has 4 rings (SSSR count). The summed E-state index contributed by atoms with van der Waals surface area (Å²) < 4.78 is 5.74. The molecule has 0 amide bonds. The summed E-state index contributed by atoms with van der Waals surface area (Å²) in [6.07, 6.45) is 4.19. The van der Waals surface area contributed by atoms with Crippen molar-refractivity contribution in [1.29, 1.82) is 0 Å². The molecule has 1 spiro atoms.